The van der Waals surface area contributed by atoms with Crippen molar-refractivity contribution in [3.8, 4) is 0 Å². The maximum Gasteiger partial charge on any atom is 0.155 e. The van der Waals surface area contributed by atoms with Gasteiger partial charge in [-0.2, -0.15) is 11.3 Å². The molecule has 0 atom stereocenters. The first-order valence-corrected chi connectivity index (χ1v) is 5.98. The van der Waals surface area contributed by atoms with Gasteiger partial charge in [-0.15, -0.1) is 0 Å². The van der Waals surface area contributed by atoms with Gasteiger partial charge in [0, 0.05) is 18.9 Å². The maximum absolute atomic E-state index is 5.55. The van der Waals surface area contributed by atoms with Crippen molar-refractivity contribution >= 4 is 34.4 Å². The van der Waals surface area contributed by atoms with Crippen LogP contribution >= 0.6 is 23.6 Å². The highest BCUT2D eigenvalue weighted by Gasteiger charge is 2.06. The summed E-state index contributed by atoms with van der Waals surface area (Å²) in [6, 6.07) is 2.05. The van der Waals surface area contributed by atoms with Crippen molar-refractivity contribution in [1.29, 1.82) is 0 Å². The highest BCUT2D eigenvalue weighted by Crippen LogP contribution is 2.11. The van der Waals surface area contributed by atoms with E-state index in [0.717, 1.165) is 0 Å². The van der Waals surface area contributed by atoms with Crippen molar-refractivity contribution in [3.63, 3.8) is 0 Å². The average molecular weight is 250 g/mol. The number of nitrogens with zero attached hydrogens (tertiary/aromatic N) is 2. The summed E-state index contributed by atoms with van der Waals surface area (Å²) in [5.74, 6) is 0.626. The SMILES string of the molecule is NC(=S)c1nccnc1NCc1ccsc1. The third-order valence-electron chi connectivity index (χ3n) is 1.97. The first-order chi connectivity index (χ1) is 7.77. The molecule has 0 saturated carbocycles. The molecule has 0 saturated heterocycles. The van der Waals surface area contributed by atoms with Crippen LogP contribution in [0, 0.1) is 0 Å². The molecule has 0 spiro atoms. The number of hydrogen-bond donors (Lipinski definition) is 2. The normalized spacial score (nSPS) is 10.0. The van der Waals surface area contributed by atoms with Crippen LogP contribution in [-0.2, 0) is 6.54 Å². The van der Waals surface area contributed by atoms with Gasteiger partial charge in [-0.25, -0.2) is 9.97 Å². The van der Waals surface area contributed by atoms with Gasteiger partial charge in [-0.1, -0.05) is 12.2 Å². The van der Waals surface area contributed by atoms with E-state index in [9.17, 15) is 0 Å². The molecule has 3 N–H and O–H groups in total. The summed E-state index contributed by atoms with van der Waals surface area (Å²) >= 11 is 6.56. The molecular formula is C10H10N4S2. The van der Waals surface area contributed by atoms with Crippen LogP contribution in [0.15, 0.2) is 29.2 Å². The molecule has 2 aromatic rings. The maximum atomic E-state index is 5.55. The van der Waals surface area contributed by atoms with Crippen LogP contribution in [-0.4, -0.2) is 15.0 Å². The molecule has 0 aliphatic carbocycles. The van der Waals surface area contributed by atoms with Gasteiger partial charge in [-0.3, -0.25) is 0 Å². The van der Waals surface area contributed by atoms with E-state index < -0.39 is 0 Å². The highest BCUT2D eigenvalue weighted by molar-refractivity contribution is 7.80. The van der Waals surface area contributed by atoms with Crippen LogP contribution in [0.25, 0.3) is 0 Å². The lowest BCUT2D eigenvalue weighted by molar-refractivity contribution is 1.08. The summed E-state index contributed by atoms with van der Waals surface area (Å²) in [5.41, 5.74) is 7.29. The average Bonchev–Trinajstić information content (AvgIpc) is 2.79. The van der Waals surface area contributed by atoms with Crippen LogP contribution < -0.4 is 11.1 Å². The van der Waals surface area contributed by atoms with Gasteiger partial charge in [0.25, 0.3) is 0 Å². The van der Waals surface area contributed by atoms with E-state index in [4.69, 9.17) is 18.0 Å². The minimum atomic E-state index is 0.251. The second-order valence-electron chi connectivity index (χ2n) is 3.10. The summed E-state index contributed by atoms with van der Waals surface area (Å²) in [5, 5.41) is 7.27. The lowest BCUT2D eigenvalue weighted by Gasteiger charge is -2.07. The Morgan fingerprint density at radius 3 is 2.94 bits per heavy atom. The summed E-state index contributed by atoms with van der Waals surface area (Å²) < 4.78 is 0. The lowest BCUT2D eigenvalue weighted by atomic mass is 10.3. The summed E-state index contributed by atoms with van der Waals surface area (Å²) in [6.07, 6.45) is 3.18. The van der Waals surface area contributed by atoms with Crippen molar-refractivity contribution in [2.24, 2.45) is 5.73 Å². The number of thiocarbonyl (C=S) groups is 1. The number of hydrogen-bond acceptors (Lipinski definition) is 5. The first kappa shape index (κ1) is 11.0. The van der Waals surface area contributed by atoms with Gasteiger partial charge in [0.2, 0.25) is 0 Å². The predicted octanol–water partition coefficient (Wildman–Crippen LogP) is 1.78. The van der Waals surface area contributed by atoms with E-state index in [1.54, 1.807) is 23.7 Å². The van der Waals surface area contributed by atoms with Crippen LogP contribution in [0.1, 0.15) is 11.3 Å². The quantitative estimate of drug-likeness (QED) is 0.810. The second kappa shape index (κ2) is 5.00. The Bertz CT molecular complexity index is 481. The fourth-order valence-corrected chi connectivity index (χ4v) is 2.04. The van der Waals surface area contributed by atoms with E-state index >= 15 is 0 Å². The predicted molar refractivity (Wildman–Crippen MR) is 69.6 cm³/mol. The summed E-state index contributed by atoms with van der Waals surface area (Å²) in [7, 11) is 0. The van der Waals surface area contributed by atoms with Crippen molar-refractivity contribution < 1.29 is 0 Å². The topological polar surface area (TPSA) is 63.8 Å². The van der Waals surface area contributed by atoms with E-state index in [1.165, 1.54) is 5.56 Å². The third kappa shape index (κ3) is 2.53. The Kier molecular flexibility index (Phi) is 3.43. The monoisotopic (exact) mass is 250 g/mol. The number of nitrogens with one attached hydrogen (secondary N) is 1. The zero-order valence-corrected chi connectivity index (χ0v) is 10.0. The molecule has 0 radical (unpaired) electrons. The molecule has 0 unspecified atom stereocenters. The molecule has 0 aliphatic heterocycles. The lowest BCUT2D eigenvalue weighted by Crippen LogP contribution is -2.16. The molecular weight excluding hydrogens is 240 g/mol. The van der Waals surface area contributed by atoms with Crippen LogP contribution in [0.5, 0.6) is 0 Å². The summed E-state index contributed by atoms with van der Waals surface area (Å²) in [6.45, 7) is 0.692. The van der Waals surface area contributed by atoms with E-state index in [0.29, 0.717) is 18.1 Å². The first-order valence-electron chi connectivity index (χ1n) is 4.63. The molecule has 0 fully saturated rings. The fourth-order valence-electron chi connectivity index (χ4n) is 1.23. The van der Waals surface area contributed by atoms with Gasteiger partial charge >= 0.3 is 0 Å². The molecule has 2 heterocycles. The second-order valence-corrected chi connectivity index (χ2v) is 4.32. The van der Waals surface area contributed by atoms with Gasteiger partial charge in [0.15, 0.2) is 5.82 Å². The number of anilines is 1. The van der Waals surface area contributed by atoms with E-state index in [1.807, 2.05) is 5.38 Å². The molecule has 0 bridgehead atoms. The third-order valence-corrected chi connectivity index (χ3v) is 2.90. The van der Waals surface area contributed by atoms with E-state index in [2.05, 4.69) is 26.7 Å². The minimum Gasteiger partial charge on any atom is -0.388 e. The Labute approximate surface area is 103 Å². The molecule has 0 aromatic carbocycles. The van der Waals surface area contributed by atoms with Crippen LogP contribution in [0.3, 0.4) is 0 Å². The van der Waals surface area contributed by atoms with Gasteiger partial charge < -0.3 is 11.1 Å². The highest BCUT2D eigenvalue weighted by atomic mass is 32.1. The number of thiophene rings is 1. The fraction of sp³-hybridized carbons (Fsp3) is 0.100. The zero-order chi connectivity index (χ0) is 11.4. The van der Waals surface area contributed by atoms with Gasteiger partial charge in [0.05, 0.1) is 0 Å². The Morgan fingerprint density at radius 1 is 1.44 bits per heavy atom. The van der Waals surface area contributed by atoms with Crippen molar-refractivity contribution in [1.82, 2.24) is 9.97 Å². The number of aromatic nitrogens is 2. The zero-order valence-electron chi connectivity index (χ0n) is 8.38. The van der Waals surface area contributed by atoms with Crippen molar-refractivity contribution in [3.05, 3.63) is 40.5 Å². The van der Waals surface area contributed by atoms with Crippen molar-refractivity contribution in [2.75, 3.05) is 5.32 Å². The smallest absolute Gasteiger partial charge is 0.155 e. The van der Waals surface area contributed by atoms with Crippen LogP contribution in [0.2, 0.25) is 0 Å². The van der Waals surface area contributed by atoms with Crippen LogP contribution in [0.4, 0.5) is 5.82 Å². The largest absolute Gasteiger partial charge is 0.388 e. The molecule has 2 rings (SSSR count). The van der Waals surface area contributed by atoms with Crippen molar-refractivity contribution in [2.45, 2.75) is 6.54 Å². The minimum absolute atomic E-state index is 0.251. The Balaban J connectivity index is 2.12. The molecule has 2 aromatic heterocycles. The van der Waals surface area contributed by atoms with Gasteiger partial charge in [-0.05, 0) is 22.4 Å². The number of nitrogens with two attached hydrogens (primary N) is 1. The molecule has 82 valence electrons. The van der Waals surface area contributed by atoms with Gasteiger partial charge in [0.1, 0.15) is 10.7 Å². The molecule has 4 nitrogen and oxygen atoms in total. The van der Waals surface area contributed by atoms with E-state index in [-0.39, 0.29) is 4.99 Å². The standard InChI is InChI=1S/C10H10N4S2/c11-9(15)8-10(13-3-2-12-8)14-5-7-1-4-16-6-7/h1-4,6H,5H2,(H2,11,15)(H,13,14). The molecule has 6 heteroatoms. The number of rotatable bonds is 4. The Hall–Kier alpha value is -1.53. The molecule has 0 aliphatic rings. The Morgan fingerprint density at radius 2 is 2.25 bits per heavy atom. The molecule has 16 heavy (non-hydrogen) atoms. The molecule has 0 amide bonds. The summed E-state index contributed by atoms with van der Waals surface area (Å²) in [4.78, 5) is 8.50.